The number of benzene rings is 3. The molecule has 140 valence electrons. The molecule has 0 bridgehead atoms. The normalized spacial score (nSPS) is 10.9. The van der Waals surface area contributed by atoms with E-state index < -0.39 is 17.5 Å². The summed E-state index contributed by atoms with van der Waals surface area (Å²) in [5.74, 6) is -2.70. The second kappa shape index (κ2) is 8.30. The predicted octanol–water partition coefficient (Wildman–Crippen LogP) is 6.93. The smallest absolute Gasteiger partial charge is 0.201 e. The first-order valence-corrected chi connectivity index (χ1v) is 8.99. The lowest BCUT2D eigenvalue weighted by Crippen LogP contribution is -2.01. The van der Waals surface area contributed by atoms with Gasteiger partial charge in [-0.2, -0.15) is 4.39 Å². The van der Waals surface area contributed by atoms with Crippen molar-refractivity contribution in [1.29, 1.82) is 0 Å². The molecule has 3 rings (SSSR count). The van der Waals surface area contributed by atoms with Crippen LogP contribution in [-0.2, 0) is 0 Å². The van der Waals surface area contributed by atoms with E-state index in [0.29, 0.717) is 12.2 Å². The van der Waals surface area contributed by atoms with E-state index in [1.807, 2.05) is 38.1 Å². The summed E-state index contributed by atoms with van der Waals surface area (Å²) in [6.07, 6.45) is 1.66. The maximum atomic E-state index is 14.6. The van der Waals surface area contributed by atoms with Crippen molar-refractivity contribution in [2.24, 2.45) is 0 Å². The van der Waals surface area contributed by atoms with Gasteiger partial charge in [0.2, 0.25) is 5.82 Å². The molecule has 27 heavy (non-hydrogen) atoms. The molecule has 0 saturated carbocycles. The van der Waals surface area contributed by atoms with Gasteiger partial charge in [0.1, 0.15) is 5.82 Å². The van der Waals surface area contributed by atoms with E-state index in [0.717, 1.165) is 24.0 Å². The second-order valence-corrected chi connectivity index (χ2v) is 6.50. The molecule has 0 radical (unpaired) electrons. The van der Waals surface area contributed by atoms with Gasteiger partial charge >= 0.3 is 0 Å². The van der Waals surface area contributed by atoms with Crippen molar-refractivity contribution in [3.63, 3.8) is 0 Å². The molecule has 0 N–H and O–H groups in total. The van der Waals surface area contributed by atoms with Crippen LogP contribution in [0.4, 0.5) is 13.2 Å². The maximum Gasteiger partial charge on any atom is 0.201 e. The van der Waals surface area contributed by atoms with E-state index in [9.17, 15) is 13.2 Å². The van der Waals surface area contributed by atoms with E-state index in [-0.39, 0.29) is 16.9 Å². The first-order valence-electron chi connectivity index (χ1n) is 8.99. The van der Waals surface area contributed by atoms with Crippen molar-refractivity contribution in [2.75, 3.05) is 6.61 Å². The van der Waals surface area contributed by atoms with Gasteiger partial charge in [-0.25, -0.2) is 8.78 Å². The van der Waals surface area contributed by atoms with E-state index in [4.69, 9.17) is 4.74 Å². The average Bonchev–Trinajstić information content (AvgIpc) is 2.66. The minimum absolute atomic E-state index is 0.00435. The van der Waals surface area contributed by atoms with Crippen LogP contribution in [0.25, 0.3) is 22.3 Å². The van der Waals surface area contributed by atoms with Crippen LogP contribution in [0.3, 0.4) is 0 Å². The average molecular weight is 370 g/mol. The van der Waals surface area contributed by atoms with Crippen LogP contribution in [0.1, 0.15) is 25.3 Å². The molecule has 0 fully saturated rings. The minimum atomic E-state index is -1.05. The molecule has 0 spiro atoms. The van der Waals surface area contributed by atoms with E-state index in [1.54, 1.807) is 12.1 Å². The summed E-state index contributed by atoms with van der Waals surface area (Å²) < 4.78 is 48.6. The van der Waals surface area contributed by atoms with Crippen LogP contribution < -0.4 is 4.74 Å². The molecule has 4 heteroatoms. The molecule has 0 aliphatic carbocycles. The Morgan fingerprint density at radius 1 is 0.778 bits per heavy atom. The third-order valence-corrected chi connectivity index (χ3v) is 4.44. The lowest BCUT2D eigenvalue weighted by atomic mass is 9.98. The molecule has 0 amide bonds. The molecule has 0 unspecified atom stereocenters. The summed E-state index contributed by atoms with van der Waals surface area (Å²) in [6.45, 7) is 4.26. The Morgan fingerprint density at radius 3 is 2.11 bits per heavy atom. The molecule has 0 heterocycles. The number of ether oxygens (including phenoxy) is 1. The van der Waals surface area contributed by atoms with Crippen LogP contribution >= 0.6 is 0 Å². The van der Waals surface area contributed by atoms with Crippen molar-refractivity contribution >= 4 is 0 Å². The SMILES string of the molecule is CCCCOc1ccc(-c2ccc(-c3ccc(C)cc3)c(F)c2)c(F)c1F. The fourth-order valence-corrected chi connectivity index (χ4v) is 2.84. The topological polar surface area (TPSA) is 9.23 Å². The zero-order chi connectivity index (χ0) is 19.4. The highest BCUT2D eigenvalue weighted by atomic mass is 19.2. The van der Waals surface area contributed by atoms with Gasteiger partial charge in [-0.1, -0.05) is 55.3 Å². The Hall–Kier alpha value is -2.75. The zero-order valence-electron chi connectivity index (χ0n) is 15.4. The molecule has 0 atom stereocenters. The summed E-state index contributed by atoms with van der Waals surface area (Å²) in [7, 11) is 0. The van der Waals surface area contributed by atoms with Crippen molar-refractivity contribution in [1.82, 2.24) is 0 Å². The van der Waals surface area contributed by atoms with Gasteiger partial charge in [0.05, 0.1) is 6.61 Å². The van der Waals surface area contributed by atoms with E-state index in [1.165, 1.54) is 18.2 Å². The van der Waals surface area contributed by atoms with Gasteiger partial charge in [-0.05, 0) is 42.7 Å². The fraction of sp³-hybridized carbons (Fsp3) is 0.217. The van der Waals surface area contributed by atoms with Crippen molar-refractivity contribution in [3.8, 4) is 28.0 Å². The van der Waals surface area contributed by atoms with Crippen LogP contribution in [0.15, 0.2) is 54.6 Å². The number of unbranched alkanes of at least 4 members (excludes halogenated alkanes) is 1. The standard InChI is InChI=1S/C23H21F3O/c1-3-4-13-27-21-12-11-19(22(25)23(21)26)17-9-10-18(20(24)14-17)16-7-5-15(2)6-8-16/h5-12,14H,3-4,13H2,1-2H3. The first kappa shape index (κ1) is 19.0. The highest BCUT2D eigenvalue weighted by Gasteiger charge is 2.17. The van der Waals surface area contributed by atoms with Crippen molar-refractivity contribution in [2.45, 2.75) is 26.7 Å². The second-order valence-electron chi connectivity index (χ2n) is 6.50. The van der Waals surface area contributed by atoms with Crippen LogP contribution in [0.5, 0.6) is 5.75 Å². The largest absolute Gasteiger partial charge is 0.490 e. The lowest BCUT2D eigenvalue weighted by Gasteiger charge is -2.11. The quantitative estimate of drug-likeness (QED) is 0.428. The van der Waals surface area contributed by atoms with Crippen LogP contribution in [0, 0.1) is 24.4 Å². The molecule has 3 aromatic rings. The molecule has 3 aromatic carbocycles. The van der Waals surface area contributed by atoms with Crippen molar-refractivity contribution < 1.29 is 17.9 Å². The predicted molar refractivity (Wildman–Crippen MR) is 102 cm³/mol. The van der Waals surface area contributed by atoms with Gasteiger partial charge in [0, 0.05) is 11.1 Å². The Bertz CT molecular complexity index is 933. The number of aryl methyl sites for hydroxylation is 1. The van der Waals surface area contributed by atoms with Gasteiger partial charge in [-0.3, -0.25) is 0 Å². The lowest BCUT2D eigenvalue weighted by molar-refractivity contribution is 0.289. The summed E-state index contributed by atoms with van der Waals surface area (Å²) in [6, 6.07) is 14.7. The van der Waals surface area contributed by atoms with Gasteiger partial charge in [0.25, 0.3) is 0 Å². The number of hydrogen-bond donors (Lipinski definition) is 0. The first-order chi connectivity index (χ1) is 13.0. The Balaban J connectivity index is 1.91. The molecular weight excluding hydrogens is 349 g/mol. The minimum Gasteiger partial charge on any atom is -0.490 e. The summed E-state index contributed by atoms with van der Waals surface area (Å²) in [5, 5.41) is 0. The fourth-order valence-electron chi connectivity index (χ4n) is 2.84. The number of halogens is 3. The molecule has 1 nitrogen and oxygen atoms in total. The van der Waals surface area contributed by atoms with Gasteiger partial charge < -0.3 is 4.74 Å². The molecule has 0 aromatic heterocycles. The van der Waals surface area contributed by atoms with Gasteiger partial charge in [-0.15, -0.1) is 0 Å². The zero-order valence-corrected chi connectivity index (χ0v) is 15.4. The third-order valence-electron chi connectivity index (χ3n) is 4.44. The number of hydrogen-bond acceptors (Lipinski definition) is 1. The Morgan fingerprint density at radius 2 is 1.44 bits per heavy atom. The van der Waals surface area contributed by atoms with E-state index >= 15 is 0 Å². The molecular formula is C23H21F3O. The Kier molecular flexibility index (Phi) is 5.84. The third kappa shape index (κ3) is 4.16. The molecule has 0 saturated heterocycles. The molecule has 0 aliphatic rings. The monoisotopic (exact) mass is 370 g/mol. The van der Waals surface area contributed by atoms with Crippen molar-refractivity contribution in [3.05, 3.63) is 77.6 Å². The highest BCUT2D eigenvalue weighted by Crippen LogP contribution is 2.33. The molecule has 0 aliphatic heterocycles. The summed E-state index contributed by atoms with van der Waals surface area (Å²) in [4.78, 5) is 0. The summed E-state index contributed by atoms with van der Waals surface area (Å²) >= 11 is 0. The van der Waals surface area contributed by atoms with Crippen LogP contribution in [0.2, 0.25) is 0 Å². The summed E-state index contributed by atoms with van der Waals surface area (Å²) in [5.41, 5.74) is 2.51. The van der Waals surface area contributed by atoms with E-state index in [2.05, 4.69) is 0 Å². The van der Waals surface area contributed by atoms with Crippen LogP contribution in [-0.4, -0.2) is 6.61 Å². The highest BCUT2D eigenvalue weighted by molar-refractivity contribution is 5.72. The number of rotatable bonds is 6. The van der Waals surface area contributed by atoms with Gasteiger partial charge in [0.15, 0.2) is 11.6 Å². The Labute approximate surface area is 157 Å². The maximum absolute atomic E-state index is 14.6.